The van der Waals surface area contributed by atoms with Gasteiger partial charge in [-0.2, -0.15) is 13.2 Å². The molecule has 6 heteroatoms. The van der Waals surface area contributed by atoms with Crippen LogP contribution in [-0.2, 0) is 5.54 Å². The average molecular weight is 191 g/mol. The zero-order valence-electron chi connectivity index (χ0n) is 6.84. The lowest BCUT2D eigenvalue weighted by Gasteiger charge is -2.26. The van der Waals surface area contributed by atoms with E-state index in [2.05, 4.69) is 9.97 Å². The first-order valence-corrected chi connectivity index (χ1v) is 3.48. The number of nitrogens with two attached hydrogens (primary N) is 1. The Bertz CT molecular complexity index is 281. The second-order valence-electron chi connectivity index (χ2n) is 2.79. The van der Waals surface area contributed by atoms with E-state index in [0.717, 1.165) is 13.1 Å². The maximum atomic E-state index is 12.3. The van der Waals surface area contributed by atoms with E-state index in [9.17, 15) is 13.2 Å². The molecule has 3 nitrogen and oxygen atoms in total. The lowest BCUT2D eigenvalue weighted by Crippen LogP contribution is -2.48. The van der Waals surface area contributed by atoms with E-state index < -0.39 is 11.7 Å². The summed E-state index contributed by atoms with van der Waals surface area (Å²) in [5.41, 5.74) is 2.36. The van der Waals surface area contributed by atoms with E-state index >= 15 is 0 Å². The lowest BCUT2D eigenvalue weighted by atomic mass is 9.99. The number of alkyl halides is 3. The molecule has 0 spiro atoms. The molecule has 72 valence electrons. The highest BCUT2D eigenvalue weighted by Gasteiger charge is 2.50. The summed E-state index contributed by atoms with van der Waals surface area (Å²) in [6.07, 6.45) is -1.06. The SMILES string of the molecule is C[C@](N)(c1cnccn1)C(F)(F)F. The zero-order valence-corrected chi connectivity index (χ0v) is 6.84. The first-order valence-electron chi connectivity index (χ1n) is 3.48. The highest BCUT2D eigenvalue weighted by atomic mass is 19.4. The van der Waals surface area contributed by atoms with Gasteiger partial charge in [-0.1, -0.05) is 0 Å². The molecule has 1 aromatic heterocycles. The second-order valence-corrected chi connectivity index (χ2v) is 2.79. The van der Waals surface area contributed by atoms with Gasteiger partial charge in [0.15, 0.2) is 5.54 Å². The van der Waals surface area contributed by atoms with E-state index in [-0.39, 0.29) is 5.69 Å². The van der Waals surface area contributed by atoms with Crippen LogP contribution in [0.4, 0.5) is 13.2 Å². The van der Waals surface area contributed by atoms with Crippen molar-refractivity contribution >= 4 is 0 Å². The quantitative estimate of drug-likeness (QED) is 0.725. The van der Waals surface area contributed by atoms with Crippen LogP contribution in [-0.4, -0.2) is 16.1 Å². The summed E-state index contributed by atoms with van der Waals surface area (Å²) in [6.45, 7) is 0.858. The van der Waals surface area contributed by atoms with Crippen LogP contribution >= 0.6 is 0 Å². The van der Waals surface area contributed by atoms with Gasteiger partial charge in [-0.25, -0.2) is 0 Å². The summed E-state index contributed by atoms with van der Waals surface area (Å²) in [5, 5.41) is 0. The van der Waals surface area contributed by atoms with Crippen molar-refractivity contribution in [3.05, 3.63) is 24.3 Å². The summed E-state index contributed by atoms with van der Waals surface area (Å²) in [7, 11) is 0. The predicted molar refractivity (Wildman–Crippen MR) is 39.6 cm³/mol. The molecule has 0 aliphatic rings. The zero-order chi connectivity index (χ0) is 10.1. The van der Waals surface area contributed by atoms with Crippen LogP contribution in [0.2, 0.25) is 0 Å². The van der Waals surface area contributed by atoms with Gasteiger partial charge in [0.05, 0.1) is 11.9 Å². The summed E-state index contributed by atoms with van der Waals surface area (Å²) in [6, 6.07) is 0. The first kappa shape index (κ1) is 9.91. The number of hydrogen-bond acceptors (Lipinski definition) is 3. The molecule has 13 heavy (non-hydrogen) atoms. The number of aromatic nitrogens is 2. The third-order valence-corrected chi connectivity index (χ3v) is 1.68. The van der Waals surface area contributed by atoms with Crippen LogP contribution in [0.1, 0.15) is 12.6 Å². The molecule has 0 fully saturated rings. The van der Waals surface area contributed by atoms with E-state index in [4.69, 9.17) is 5.73 Å². The van der Waals surface area contributed by atoms with Crippen molar-refractivity contribution in [1.29, 1.82) is 0 Å². The van der Waals surface area contributed by atoms with Crippen LogP contribution in [0.15, 0.2) is 18.6 Å². The molecule has 0 aliphatic carbocycles. The minimum atomic E-state index is -4.52. The van der Waals surface area contributed by atoms with Gasteiger partial charge in [-0.3, -0.25) is 9.97 Å². The maximum absolute atomic E-state index is 12.3. The standard InChI is InChI=1S/C7H8F3N3/c1-6(11,7(8,9)10)5-4-12-2-3-13-5/h2-4H,11H2,1H3/t6-/m0/s1. The molecule has 0 aliphatic heterocycles. The highest BCUT2D eigenvalue weighted by molar-refractivity contribution is 5.11. The normalized spacial score (nSPS) is 16.7. The second kappa shape index (κ2) is 2.95. The molecule has 0 amide bonds. The van der Waals surface area contributed by atoms with Gasteiger partial charge in [0.25, 0.3) is 0 Å². The lowest BCUT2D eigenvalue weighted by molar-refractivity contribution is -0.185. The van der Waals surface area contributed by atoms with Gasteiger partial charge in [-0.05, 0) is 6.92 Å². The molecule has 0 bridgehead atoms. The fraction of sp³-hybridized carbons (Fsp3) is 0.429. The van der Waals surface area contributed by atoms with Crippen molar-refractivity contribution in [2.24, 2.45) is 5.73 Å². The minimum absolute atomic E-state index is 0.289. The summed E-state index contributed by atoms with van der Waals surface area (Å²) in [4.78, 5) is 7.03. The molecule has 0 aromatic carbocycles. The molecule has 1 heterocycles. The monoisotopic (exact) mass is 191 g/mol. The van der Waals surface area contributed by atoms with Crippen LogP contribution < -0.4 is 5.73 Å². The van der Waals surface area contributed by atoms with Crippen LogP contribution in [0.25, 0.3) is 0 Å². The Kier molecular flexibility index (Phi) is 2.25. The number of rotatable bonds is 1. The molecule has 0 radical (unpaired) electrons. The van der Waals surface area contributed by atoms with Crippen molar-refractivity contribution in [1.82, 2.24) is 9.97 Å². The summed E-state index contributed by atoms with van der Waals surface area (Å²) in [5.74, 6) is 0. The number of hydrogen-bond donors (Lipinski definition) is 1. The molecule has 2 N–H and O–H groups in total. The van der Waals surface area contributed by atoms with E-state index in [0.29, 0.717) is 0 Å². The first-order chi connectivity index (χ1) is 5.86. The molecular weight excluding hydrogens is 183 g/mol. The fourth-order valence-electron chi connectivity index (χ4n) is 0.712. The van der Waals surface area contributed by atoms with Crippen molar-refractivity contribution in [2.45, 2.75) is 18.6 Å². The summed E-state index contributed by atoms with van der Waals surface area (Å²) < 4.78 is 37.0. The molecule has 0 unspecified atom stereocenters. The molecule has 1 atom stereocenters. The Morgan fingerprint density at radius 1 is 1.31 bits per heavy atom. The molecule has 0 saturated heterocycles. The van der Waals surface area contributed by atoms with Crippen LogP contribution in [0, 0.1) is 0 Å². The van der Waals surface area contributed by atoms with E-state index in [1.54, 1.807) is 0 Å². The van der Waals surface area contributed by atoms with Crippen LogP contribution in [0.5, 0.6) is 0 Å². The van der Waals surface area contributed by atoms with E-state index in [1.165, 1.54) is 12.4 Å². The Morgan fingerprint density at radius 2 is 1.92 bits per heavy atom. The smallest absolute Gasteiger partial charge is 0.313 e. The predicted octanol–water partition coefficient (Wildman–Crippen LogP) is 1.21. The van der Waals surface area contributed by atoms with Gasteiger partial charge in [0, 0.05) is 12.4 Å². The number of nitrogens with zero attached hydrogens (tertiary/aromatic N) is 2. The van der Waals surface area contributed by atoms with Crippen molar-refractivity contribution in [2.75, 3.05) is 0 Å². The average Bonchev–Trinajstić information content (AvgIpc) is 2.04. The molecular formula is C7H8F3N3. The van der Waals surface area contributed by atoms with Gasteiger partial charge >= 0.3 is 6.18 Å². The van der Waals surface area contributed by atoms with Gasteiger partial charge < -0.3 is 5.73 Å². The molecule has 1 aromatic rings. The van der Waals surface area contributed by atoms with Gasteiger partial charge in [0.1, 0.15) is 0 Å². The van der Waals surface area contributed by atoms with Crippen molar-refractivity contribution in [3.63, 3.8) is 0 Å². The Labute approximate surface area is 72.8 Å². The Balaban J connectivity index is 3.08. The molecule has 0 saturated carbocycles. The largest absolute Gasteiger partial charge is 0.411 e. The highest BCUT2D eigenvalue weighted by Crippen LogP contribution is 2.34. The maximum Gasteiger partial charge on any atom is 0.411 e. The third kappa shape index (κ3) is 1.77. The molecule has 1 rings (SSSR count). The Hall–Kier alpha value is -1.17. The third-order valence-electron chi connectivity index (χ3n) is 1.68. The van der Waals surface area contributed by atoms with Gasteiger partial charge in [0.2, 0.25) is 0 Å². The Morgan fingerprint density at radius 3 is 2.31 bits per heavy atom. The number of halogens is 3. The van der Waals surface area contributed by atoms with Crippen LogP contribution in [0.3, 0.4) is 0 Å². The fourth-order valence-corrected chi connectivity index (χ4v) is 0.712. The minimum Gasteiger partial charge on any atom is -0.313 e. The topological polar surface area (TPSA) is 51.8 Å². The van der Waals surface area contributed by atoms with Gasteiger partial charge in [-0.15, -0.1) is 0 Å². The van der Waals surface area contributed by atoms with Crippen molar-refractivity contribution in [3.8, 4) is 0 Å². The van der Waals surface area contributed by atoms with E-state index in [1.807, 2.05) is 0 Å². The van der Waals surface area contributed by atoms with Crippen molar-refractivity contribution < 1.29 is 13.2 Å². The summed E-state index contributed by atoms with van der Waals surface area (Å²) >= 11 is 0.